The van der Waals surface area contributed by atoms with E-state index >= 15 is 0 Å². The first-order valence-corrected chi connectivity index (χ1v) is 6.75. The average Bonchev–Trinajstić information content (AvgIpc) is 2.85. The van der Waals surface area contributed by atoms with Crippen LogP contribution >= 0.6 is 0 Å². The summed E-state index contributed by atoms with van der Waals surface area (Å²) in [4.78, 5) is 15.6. The van der Waals surface area contributed by atoms with Gasteiger partial charge in [-0.25, -0.2) is 4.98 Å². The largest absolute Gasteiger partial charge is 0.497 e. The molecule has 0 fully saturated rings. The molecule has 0 aliphatic heterocycles. The van der Waals surface area contributed by atoms with E-state index in [1.807, 2.05) is 48.5 Å². The van der Waals surface area contributed by atoms with Crippen molar-refractivity contribution in [3.05, 3.63) is 48.5 Å². The van der Waals surface area contributed by atoms with Crippen LogP contribution in [-0.2, 0) is 11.3 Å². The minimum Gasteiger partial charge on any atom is -0.497 e. The van der Waals surface area contributed by atoms with Gasteiger partial charge in [-0.2, -0.15) is 0 Å². The highest BCUT2D eigenvalue weighted by atomic mass is 16.5. The molecule has 2 aromatic carbocycles. The van der Waals surface area contributed by atoms with Crippen LogP contribution in [0, 0.1) is 0 Å². The van der Waals surface area contributed by atoms with Gasteiger partial charge in [0.25, 0.3) is 0 Å². The van der Waals surface area contributed by atoms with Gasteiger partial charge in [-0.1, -0.05) is 12.1 Å². The number of benzene rings is 2. The first kappa shape index (κ1) is 13.9. The van der Waals surface area contributed by atoms with Crippen molar-refractivity contribution in [2.45, 2.75) is 6.54 Å². The van der Waals surface area contributed by atoms with Crippen molar-refractivity contribution < 1.29 is 14.6 Å². The van der Waals surface area contributed by atoms with Crippen molar-refractivity contribution in [1.82, 2.24) is 9.55 Å². The molecule has 0 saturated carbocycles. The van der Waals surface area contributed by atoms with Crippen LogP contribution in [0.4, 0.5) is 11.6 Å². The Labute approximate surface area is 127 Å². The summed E-state index contributed by atoms with van der Waals surface area (Å²) < 4.78 is 6.76. The van der Waals surface area contributed by atoms with E-state index in [0.717, 1.165) is 22.5 Å². The summed E-state index contributed by atoms with van der Waals surface area (Å²) in [5, 5.41) is 12.3. The van der Waals surface area contributed by atoms with Gasteiger partial charge in [-0.3, -0.25) is 9.36 Å². The van der Waals surface area contributed by atoms with Crippen molar-refractivity contribution in [2.24, 2.45) is 0 Å². The van der Waals surface area contributed by atoms with E-state index in [-0.39, 0.29) is 6.54 Å². The molecule has 0 radical (unpaired) electrons. The normalized spacial score (nSPS) is 10.6. The van der Waals surface area contributed by atoms with Crippen LogP contribution in [0.15, 0.2) is 48.5 Å². The van der Waals surface area contributed by atoms with Gasteiger partial charge in [0.2, 0.25) is 5.95 Å². The van der Waals surface area contributed by atoms with Gasteiger partial charge in [-0.05, 0) is 36.4 Å². The second-order valence-corrected chi connectivity index (χ2v) is 4.76. The maximum absolute atomic E-state index is 11.1. The van der Waals surface area contributed by atoms with Gasteiger partial charge in [0.15, 0.2) is 0 Å². The molecular weight excluding hydrogens is 282 g/mol. The molecule has 0 aliphatic carbocycles. The number of nitrogens with one attached hydrogen (secondary N) is 1. The van der Waals surface area contributed by atoms with Crippen molar-refractivity contribution in [3.8, 4) is 5.75 Å². The highest BCUT2D eigenvalue weighted by Gasteiger charge is 2.13. The predicted molar refractivity (Wildman–Crippen MR) is 83.6 cm³/mol. The van der Waals surface area contributed by atoms with Gasteiger partial charge in [0.1, 0.15) is 12.3 Å². The molecule has 0 atom stereocenters. The summed E-state index contributed by atoms with van der Waals surface area (Å²) in [6.07, 6.45) is 0. The number of carboxylic acid groups (broad SMARTS) is 1. The number of nitrogens with zero attached hydrogens (tertiary/aromatic N) is 2. The standard InChI is InChI=1S/C16H15N3O3/c1-22-12-8-6-11(7-9-12)17-16-18-13-4-2-3-5-14(13)19(16)10-15(20)21/h2-9H,10H2,1H3,(H,17,18)(H,20,21). The highest BCUT2D eigenvalue weighted by molar-refractivity contribution is 5.82. The Balaban J connectivity index is 1.99. The molecule has 6 heteroatoms. The number of hydrogen-bond donors (Lipinski definition) is 2. The van der Waals surface area contributed by atoms with Gasteiger partial charge in [-0.15, -0.1) is 0 Å². The van der Waals surface area contributed by atoms with E-state index in [0.29, 0.717) is 5.95 Å². The molecule has 1 aromatic heterocycles. The van der Waals surface area contributed by atoms with Crippen molar-refractivity contribution in [2.75, 3.05) is 12.4 Å². The molecule has 3 aromatic rings. The van der Waals surface area contributed by atoms with Gasteiger partial charge in [0.05, 0.1) is 18.1 Å². The van der Waals surface area contributed by atoms with Crippen LogP contribution in [0.25, 0.3) is 11.0 Å². The number of para-hydroxylation sites is 2. The first-order valence-electron chi connectivity index (χ1n) is 6.75. The first-order chi connectivity index (χ1) is 10.7. The number of aliphatic carboxylic acids is 1. The number of aromatic nitrogens is 2. The third-order valence-corrected chi connectivity index (χ3v) is 3.29. The maximum Gasteiger partial charge on any atom is 0.323 e. The Kier molecular flexibility index (Phi) is 3.65. The Morgan fingerprint density at radius 2 is 1.95 bits per heavy atom. The third kappa shape index (κ3) is 2.71. The summed E-state index contributed by atoms with van der Waals surface area (Å²) in [6, 6.07) is 14.8. The molecule has 112 valence electrons. The van der Waals surface area contributed by atoms with Crippen molar-refractivity contribution in [3.63, 3.8) is 0 Å². The Morgan fingerprint density at radius 1 is 1.23 bits per heavy atom. The Bertz CT molecular complexity index is 809. The molecular formula is C16H15N3O3. The van der Waals surface area contributed by atoms with E-state index in [1.165, 1.54) is 0 Å². The summed E-state index contributed by atoms with van der Waals surface area (Å²) >= 11 is 0. The van der Waals surface area contributed by atoms with E-state index in [2.05, 4.69) is 10.3 Å². The fourth-order valence-corrected chi connectivity index (χ4v) is 2.27. The molecule has 6 nitrogen and oxygen atoms in total. The van der Waals surface area contributed by atoms with Gasteiger partial charge in [0, 0.05) is 5.69 Å². The number of carbonyl (C=O) groups is 1. The minimum atomic E-state index is -0.916. The lowest BCUT2D eigenvalue weighted by Gasteiger charge is -2.09. The van der Waals surface area contributed by atoms with Gasteiger partial charge < -0.3 is 15.2 Å². The van der Waals surface area contributed by atoms with Crippen LogP contribution in [0.1, 0.15) is 0 Å². The molecule has 22 heavy (non-hydrogen) atoms. The Morgan fingerprint density at radius 3 is 2.64 bits per heavy atom. The third-order valence-electron chi connectivity index (χ3n) is 3.29. The van der Waals surface area contributed by atoms with E-state index in [4.69, 9.17) is 9.84 Å². The molecule has 0 aliphatic rings. The zero-order valence-electron chi connectivity index (χ0n) is 12.0. The second-order valence-electron chi connectivity index (χ2n) is 4.76. The number of carboxylic acids is 1. The molecule has 0 saturated heterocycles. The number of anilines is 2. The smallest absolute Gasteiger partial charge is 0.323 e. The van der Waals surface area contributed by atoms with Crippen LogP contribution in [-0.4, -0.2) is 27.7 Å². The number of ether oxygens (including phenoxy) is 1. The van der Waals surface area contributed by atoms with Crippen molar-refractivity contribution >= 4 is 28.6 Å². The van der Waals surface area contributed by atoms with Crippen LogP contribution in [0.5, 0.6) is 5.75 Å². The monoisotopic (exact) mass is 297 g/mol. The molecule has 2 N–H and O–H groups in total. The zero-order chi connectivity index (χ0) is 15.5. The molecule has 0 bridgehead atoms. The maximum atomic E-state index is 11.1. The summed E-state index contributed by atoms with van der Waals surface area (Å²) in [5.74, 6) is 0.333. The lowest BCUT2D eigenvalue weighted by Crippen LogP contribution is -2.11. The fraction of sp³-hybridized carbons (Fsp3) is 0.125. The number of fused-ring (bicyclic) bond motifs is 1. The molecule has 0 spiro atoms. The lowest BCUT2D eigenvalue weighted by molar-refractivity contribution is -0.137. The minimum absolute atomic E-state index is 0.154. The lowest BCUT2D eigenvalue weighted by atomic mass is 10.3. The fourth-order valence-electron chi connectivity index (χ4n) is 2.27. The second kappa shape index (κ2) is 5.77. The van der Waals surface area contributed by atoms with Crippen molar-refractivity contribution in [1.29, 1.82) is 0 Å². The number of rotatable bonds is 5. The average molecular weight is 297 g/mol. The number of hydrogen-bond acceptors (Lipinski definition) is 4. The molecule has 1 heterocycles. The zero-order valence-corrected chi connectivity index (χ0v) is 12.0. The highest BCUT2D eigenvalue weighted by Crippen LogP contribution is 2.24. The predicted octanol–water partition coefficient (Wildman–Crippen LogP) is 2.87. The van der Waals surface area contributed by atoms with Crippen LogP contribution in [0.2, 0.25) is 0 Å². The van der Waals surface area contributed by atoms with Gasteiger partial charge >= 0.3 is 5.97 Å². The molecule has 0 amide bonds. The van der Waals surface area contributed by atoms with E-state index in [9.17, 15) is 4.79 Å². The number of methoxy groups -OCH3 is 1. The van der Waals surface area contributed by atoms with Crippen LogP contribution < -0.4 is 10.1 Å². The van der Waals surface area contributed by atoms with E-state index in [1.54, 1.807) is 11.7 Å². The van der Waals surface area contributed by atoms with Crippen LogP contribution in [0.3, 0.4) is 0 Å². The topological polar surface area (TPSA) is 76.4 Å². The molecule has 3 rings (SSSR count). The summed E-state index contributed by atoms with van der Waals surface area (Å²) in [5.41, 5.74) is 2.34. The Hall–Kier alpha value is -3.02. The van der Waals surface area contributed by atoms with E-state index < -0.39 is 5.97 Å². The SMILES string of the molecule is COc1ccc(Nc2nc3ccccc3n2CC(=O)O)cc1. The summed E-state index contributed by atoms with van der Waals surface area (Å²) in [6.45, 7) is -0.154. The molecule has 0 unspecified atom stereocenters. The quantitative estimate of drug-likeness (QED) is 0.757. The number of imidazole rings is 1. The summed E-state index contributed by atoms with van der Waals surface area (Å²) in [7, 11) is 1.61.